The van der Waals surface area contributed by atoms with Crippen LogP contribution in [0.3, 0.4) is 0 Å². The molecule has 1 saturated heterocycles. The van der Waals surface area contributed by atoms with Gasteiger partial charge in [-0.25, -0.2) is 4.98 Å². The number of fused-ring (bicyclic) bond motifs is 1. The van der Waals surface area contributed by atoms with Crippen molar-refractivity contribution in [3.05, 3.63) is 27.1 Å². The predicted octanol–water partition coefficient (Wildman–Crippen LogP) is 2.65. The van der Waals surface area contributed by atoms with Crippen molar-refractivity contribution < 1.29 is 9.59 Å². The van der Waals surface area contributed by atoms with Gasteiger partial charge in [-0.1, -0.05) is 13.3 Å². The van der Waals surface area contributed by atoms with Crippen LogP contribution >= 0.6 is 11.3 Å². The number of carbonyl (C=O) groups is 2. The van der Waals surface area contributed by atoms with Gasteiger partial charge in [0, 0.05) is 26.7 Å². The van der Waals surface area contributed by atoms with Crippen LogP contribution in [0.1, 0.15) is 54.3 Å². The summed E-state index contributed by atoms with van der Waals surface area (Å²) in [6.07, 6.45) is 6.56. The topological polar surface area (TPSA) is 75.5 Å². The molecule has 0 N–H and O–H groups in total. The molecular weight excluding hydrogens is 376 g/mol. The summed E-state index contributed by atoms with van der Waals surface area (Å²) in [6, 6.07) is 0. The lowest BCUT2D eigenvalue weighted by atomic mass is 10.1. The van der Waals surface area contributed by atoms with Crippen molar-refractivity contribution in [1.29, 1.82) is 0 Å². The van der Waals surface area contributed by atoms with E-state index in [1.807, 2.05) is 4.90 Å². The van der Waals surface area contributed by atoms with Crippen molar-refractivity contribution in [3.63, 3.8) is 0 Å². The van der Waals surface area contributed by atoms with Gasteiger partial charge in [-0.2, -0.15) is 0 Å². The lowest BCUT2D eigenvalue weighted by Gasteiger charge is -2.26. The largest absolute Gasteiger partial charge is 0.341 e. The monoisotopic (exact) mass is 404 g/mol. The van der Waals surface area contributed by atoms with Gasteiger partial charge >= 0.3 is 0 Å². The van der Waals surface area contributed by atoms with Crippen LogP contribution in [-0.2, 0) is 11.3 Å². The summed E-state index contributed by atoms with van der Waals surface area (Å²) in [4.78, 5) is 47.2. The molecule has 0 atom stereocenters. The molecule has 2 aromatic heterocycles. The third-order valence-electron chi connectivity index (χ3n) is 5.32. The van der Waals surface area contributed by atoms with Gasteiger partial charge in [0.2, 0.25) is 5.91 Å². The van der Waals surface area contributed by atoms with Crippen LogP contribution in [0.15, 0.2) is 11.1 Å². The fourth-order valence-electron chi connectivity index (χ4n) is 3.54. The summed E-state index contributed by atoms with van der Waals surface area (Å²) in [7, 11) is 1.78. The van der Waals surface area contributed by atoms with E-state index in [4.69, 9.17) is 0 Å². The normalized spacial score (nSPS) is 14.5. The second-order valence-electron chi connectivity index (χ2n) is 7.44. The first-order valence-corrected chi connectivity index (χ1v) is 10.8. The first-order valence-electron chi connectivity index (χ1n) is 9.95. The average Bonchev–Trinajstić information content (AvgIpc) is 3.05. The second-order valence-corrected chi connectivity index (χ2v) is 8.43. The Labute approximate surface area is 169 Å². The summed E-state index contributed by atoms with van der Waals surface area (Å²) in [5, 5.41) is 0.450. The Balaban J connectivity index is 1.87. The number of hydrogen-bond acceptors (Lipinski definition) is 5. The van der Waals surface area contributed by atoms with E-state index >= 15 is 0 Å². The molecule has 0 unspecified atom stereocenters. The fourth-order valence-corrected chi connectivity index (χ4v) is 4.67. The zero-order chi connectivity index (χ0) is 20.3. The van der Waals surface area contributed by atoms with Crippen molar-refractivity contribution in [2.24, 2.45) is 0 Å². The van der Waals surface area contributed by atoms with Crippen LogP contribution in [0.2, 0.25) is 0 Å². The molecule has 0 saturated carbocycles. The number of likely N-dealkylation sites (tertiary alicyclic amines) is 1. The van der Waals surface area contributed by atoms with Gasteiger partial charge in [0.15, 0.2) is 0 Å². The van der Waals surface area contributed by atoms with Crippen molar-refractivity contribution in [1.82, 2.24) is 19.4 Å². The maximum atomic E-state index is 13.0. The van der Waals surface area contributed by atoms with E-state index in [1.165, 1.54) is 22.2 Å². The van der Waals surface area contributed by atoms with Gasteiger partial charge in [-0.05, 0) is 38.2 Å². The number of rotatable bonds is 6. The molecule has 152 valence electrons. The molecule has 8 heteroatoms. The number of thiophene rings is 1. The Kier molecular flexibility index (Phi) is 6.49. The molecule has 28 heavy (non-hydrogen) atoms. The van der Waals surface area contributed by atoms with Crippen LogP contribution in [0, 0.1) is 6.92 Å². The van der Waals surface area contributed by atoms with E-state index in [2.05, 4.69) is 11.9 Å². The molecule has 3 heterocycles. The first-order chi connectivity index (χ1) is 13.4. The molecule has 0 bridgehead atoms. The van der Waals surface area contributed by atoms with Crippen LogP contribution in [-0.4, -0.2) is 57.8 Å². The number of unbranched alkanes of at least 4 members (excludes halogenated alkanes) is 1. The average molecular weight is 405 g/mol. The summed E-state index contributed by atoms with van der Waals surface area (Å²) in [5.41, 5.74) is 0.407. The SMILES string of the molecule is CCCCN(C)C(=O)c1sc2ncn(CC(=O)N3CCCCC3)c(=O)c2c1C. The Hall–Kier alpha value is -2.22. The number of aryl methyl sites for hydroxylation is 1. The third kappa shape index (κ3) is 4.11. The molecule has 1 aliphatic heterocycles. The van der Waals surface area contributed by atoms with Crippen LogP contribution in [0.4, 0.5) is 0 Å². The maximum absolute atomic E-state index is 13.0. The molecular formula is C20H28N4O3S. The van der Waals surface area contributed by atoms with Gasteiger partial charge in [0.1, 0.15) is 11.4 Å². The number of amides is 2. The molecule has 1 fully saturated rings. The van der Waals surface area contributed by atoms with Crippen molar-refractivity contribution >= 4 is 33.4 Å². The number of carbonyl (C=O) groups excluding carboxylic acids is 2. The highest BCUT2D eigenvalue weighted by Gasteiger charge is 2.23. The number of piperidine rings is 1. The molecule has 3 rings (SSSR count). The highest BCUT2D eigenvalue weighted by atomic mass is 32.1. The Bertz CT molecular complexity index is 927. The number of nitrogens with zero attached hydrogens (tertiary/aromatic N) is 4. The van der Waals surface area contributed by atoms with Crippen LogP contribution in [0.5, 0.6) is 0 Å². The van der Waals surface area contributed by atoms with Crippen molar-refractivity contribution in [2.45, 2.75) is 52.5 Å². The van der Waals surface area contributed by atoms with Gasteiger partial charge in [-0.15, -0.1) is 11.3 Å². The lowest BCUT2D eigenvalue weighted by Crippen LogP contribution is -2.39. The second kappa shape index (κ2) is 8.86. The molecule has 0 spiro atoms. The minimum atomic E-state index is -0.251. The molecule has 0 radical (unpaired) electrons. The summed E-state index contributed by atoms with van der Waals surface area (Å²) in [6.45, 7) is 6.06. The summed E-state index contributed by atoms with van der Waals surface area (Å²) >= 11 is 1.25. The molecule has 1 aliphatic rings. The Morgan fingerprint density at radius 2 is 1.96 bits per heavy atom. The standard InChI is InChI=1S/C20H28N4O3S/c1-4-5-9-22(3)20(27)17-14(2)16-18(28-17)21-13-24(19(16)26)12-15(25)23-10-7-6-8-11-23/h13H,4-12H2,1-3H3. The van der Waals surface area contributed by atoms with E-state index in [-0.39, 0.29) is 23.9 Å². The minimum absolute atomic E-state index is 0.00323. The number of hydrogen-bond donors (Lipinski definition) is 0. The smallest absolute Gasteiger partial charge is 0.264 e. The highest BCUT2D eigenvalue weighted by Crippen LogP contribution is 2.28. The summed E-state index contributed by atoms with van der Waals surface area (Å²) in [5.74, 6) is -0.129. The zero-order valence-corrected chi connectivity index (χ0v) is 17.7. The van der Waals surface area contributed by atoms with Gasteiger partial charge in [0.05, 0.1) is 16.6 Å². The molecule has 0 aromatic carbocycles. The predicted molar refractivity (Wildman–Crippen MR) is 111 cm³/mol. The number of aromatic nitrogens is 2. The van der Waals surface area contributed by atoms with Crippen molar-refractivity contribution in [2.75, 3.05) is 26.7 Å². The Morgan fingerprint density at radius 1 is 1.25 bits per heavy atom. The van der Waals surface area contributed by atoms with E-state index in [0.717, 1.165) is 45.2 Å². The highest BCUT2D eigenvalue weighted by molar-refractivity contribution is 7.20. The van der Waals surface area contributed by atoms with Crippen LogP contribution in [0.25, 0.3) is 10.2 Å². The zero-order valence-electron chi connectivity index (χ0n) is 16.9. The van der Waals surface area contributed by atoms with Gasteiger partial charge < -0.3 is 9.80 Å². The molecule has 2 aromatic rings. The van der Waals surface area contributed by atoms with Crippen LogP contribution < -0.4 is 5.56 Å². The van der Waals surface area contributed by atoms with E-state index in [1.54, 1.807) is 18.9 Å². The lowest BCUT2D eigenvalue weighted by molar-refractivity contribution is -0.132. The maximum Gasteiger partial charge on any atom is 0.264 e. The summed E-state index contributed by atoms with van der Waals surface area (Å²) < 4.78 is 1.37. The molecule has 7 nitrogen and oxygen atoms in total. The van der Waals surface area contributed by atoms with Gasteiger partial charge in [-0.3, -0.25) is 19.0 Å². The molecule has 0 aliphatic carbocycles. The van der Waals surface area contributed by atoms with E-state index < -0.39 is 0 Å². The van der Waals surface area contributed by atoms with E-state index in [9.17, 15) is 14.4 Å². The van der Waals surface area contributed by atoms with E-state index in [0.29, 0.717) is 27.2 Å². The minimum Gasteiger partial charge on any atom is -0.341 e. The Morgan fingerprint density at radius 3 is 2.64 bits per heavy atom. The van der Waals surface area contributed by atoms with Crippen molar-refractivity contribution in [3.8, 4) is 0 Å². The third-order valence-corrected chi connectivity index (χ3v) is 6.51. The molecule has 2 amide bonds. The quantitative estimate of drug-likeness (QED) is 0.742. The first kappa shape index (κ1) is 20.5. The van der Waals surface area contributed by atoms with Gasteiger partial charge in [0.25, 0.3) is 11.5 Å². The fraction of sp³-hybridized carbons (Fsp3) is 0.600.